The van der Waals surface area contributed by atoms with Gasteiger partial charge in [0, 0.05) is 19.7 Å². The van der Waals surface area contributed by atoms with Gasteiger partial charge in [-0.15, -0.1) is 11.3 Å². The van der Waals surface area contributed by atoms with Gasteiger partial charge in [0.25, 0.3) is 0 Å². The Kier molecular flexibility index (Phi) is 3.28. The van der Waals surface area contributed by atoms with E-state index in [0.717, 1.165) is 15.3 Å². The average Bonchev–Trinajstić information content (AvgIpc) is 2.75. The van der Waals surface area contributed by atoms with E-state index in [4.69, 9.17) is 5.73 Å². The highest BCUT2D eigenvalue weighted by atomic mass is 79.9. The Morgan fingerprint density at radius 1 is 1.53 bits per heavy atom. The summed E-state index contributed by atoms with van der Waals surface area (Å²) in [5.74, 6) is 0.591. The molecule has 15 heavy (non-hydrogen) atoms. The molecule has 2 aromatic heterocycles. The first kappa shape index (κ1) is 10.9. The lowest BCUT2D eigenvalue weighted by molar-refractivity contribution is 0.940. The van der Waals surface area contributed by atoms with Gasteiger partial charge in [-0.05, 0) is 44.5 Å². The number of thiophene rings is 1. The van der Waals surface area contributed by atoms with Crippen LogP contribution in [0.1, 0.15) is 5.56 Å². The highest BCUT2D eigenvalue weighted by Gasteiger charge is 2.06. The third kappa shape index (κ3) is 2.70. The number of rotatable bonds is 3. The van der Waals surface area contributed by atoms with Crippen LogP contribution in [0.4, 0.5) is 10.8 Å². The Morgan fingerprint density at radius 2 is 2.33 bits per heavy atom. The number of hydrogen-bond donors (Lipinski definition) is 1. The van der Waals surface area contributed by atoms with E-state index >= 15 is 0 Å². The minimum absolute atomic E-state index is 0.591. The molecule has 80 valence electrons. The number of nitrogen functional groups attached to an aromatic ring is 1. The van der Waals surface area contributed by atoms with Gasteiger partial charge in [0.1, 0.15) is 10.8 Å². The van der Waals surface area contributed by atoms with Crippen LogP contribution in [0.3, 0.4) is 0 Å². The van der Waals surface area contributed by atoms with Crippen LogP contribution < -0.4 is 10.6 Å². The second-order valence-electron chi connectivity index (χ2n) is 3.21. The lowest BCUT2D eigenvalue weighted by Gasteiger charge is -2.14. The number of anilines is 2. The molecule has 0 fully saturated rings. The quantitative estimate of drug-likeness (QED) is 0.947. The lowest BCUT2D eigenvalue weighted by Crippen LogP contribution is -2.14. The summed E-state index contributed by atoms with van der Waals surface area (Å²) >= 11 is 6.58. The molecule has 2 N–H and O–H groups in total. The molecule has 0 aliphatic carbocycles. The van der Waals surface area contributed by atoms with E-state index < -0.39 is 0 Å². The van der Waals surface area contributed by atoms with E-state index in [-0.39, 0.29) is 0 Å². The van der Waals surface area contributed by atoms with Crippen molar-refractivity contribution in [1.29, 1.82) is 0 Å². The number of nitrogens with zero attached hydrogens (tertiary/aromatic N) is 2. The van der Waals surface area contributed by atoms with Crippen LogP contribution in [-0.4, -0.2) is 11.4 Å². The van der Waals surface area contributed by atoms with Gasteiger partial charge in [-0.3, -0.25) is 0 Å². The first-order chi connectivity index (χ1) is 7.15. The smallest absolute Gasteiger partial charge is 0.139 e. The van der Waals surface area contributed by atoms with E-state index in [1.807, 2.05) is 13.1 Å². The van der Waals surface area contributed by atoms with E-state index in [0.29, 0.717) is 5.82 Å². The summed E-state index contributed by atoms with van der Waals surface area (Å²) in [6.45, 7) is 0.879. The van der Waals surface area contributed by atoms with Crippen LogP contribution >= 0.6 is 38.8 Å². The van der Waals surface area contributed by atoms with Gasteiger partial charge in [-0.1, -0.05) is 0 Å². The normalized spacial score (nSPS) is 10.5. The Labute approximate surface area is 105 Å². The third-order valence-corrected chi connectivity index (χ3v) is 4.41. The number of hydrogen-bond acceptors (Lipinski definition) is 5. The molecular weight excluding hydrogens is 294 g/mol. The molecule has 2 aromatic rings. The molecule has 2 rings (SSSR count). The minimum atomic E-state index is 0.591. The average molecular weight is 304 g/mol. The molecule has 0 aromatic carbocycles. The van der Waals surface area contributed by atoms with Gasteiger partial charge >= 0.3 is 0 Å². The van der Waals surface area contributed by atoms with Crippen molar-refractivity contribution in [3.05, 3.63) is 26.9 Å². The Balaban J connectivity index is 2.06. The van der Waals surface area contributed by atoms with Crippen molar-refractivity contribution in [3.8, 4) is 0 Å². The number of aromatic nitrogens is 1. The zero-order chi connectivity index (χ0) is 10.8. The maximum absolute atomic E-state index is 5.58. The fraction of sp³-hybridized carbons (Fsp3) is 0.222. The molecule has 0 amide bonds. The van der Waals surface area contributed by atoms with Gasteiger partial charge in [0.15, 0.2) is 0 Å². The van der Waals surface area contributed by atoms with Gasteiger partial charge in [-0.2, -0.15) is 4.37 Å². The Morgan fingerprint density at radius 3 is 2.87 bits per heavy atom. The molecule has 0 aliphatic rings. The minimum Gasteiger partial charge on any atom is -0.383 e. The van der Waals surface area contributed by atoms with Crippen LogP contribution in [0.2, 0.25) is 0 Å². The van der Waals surface area contributed by atoms with Crippen molar-refractivity contribution >= 4 is 49.6 Å². The summed E-state index contributed by atoms with van der Waals surface area (Å²) < 4.78 is 5.22. The standard InChI is InChI=1S/C9H10BrN3S2/c1-13(9-3-8(11)12-15-9)4-6-2-7(10)14-5-6/h2-3,5H,4H2,1H3,(H2,11,12). The monoisotopic (exact) mass is 303 g/mol. The van der Waals surface area contributed by atoms with Gasteiger partial charge < -0.3 is 10.6 Å². The topological polar surface area (TPSA) is 42.1 Å². The maximum atomic E-state index is 5.58. The highest BCUT2D eigenvalue weighted by molar-refractivity contribution is 9.11. The van der Waals surface area contributed by atoms with Crippen molar-refractivity contribution in [3.63, 3.8) is 0 Å². The SMILES string of the molecule is CN(Cc1csc(Br)c1)c1cc(N)ns1. The van der Waals surface area contributed by atoms with E-state index in [2.05, 4.69) is 36.6 Å². The van der Waals surface area contributed by atoms with Crippen LogP contribution in [0.15, 0.2) is 21.3 Å². The first-order valence-electron chi connectivity index (χ1n) is 4.31. The second kappa shape index (κ2) is 4.51. The molecule has 0 bridgehead atoms. The fourth-order valence-corrected chi connectivity index (χ4v) is 3.07. The lowest BCUT2D eigenvalue weighted by atomic mass is 10.3. The van der Waals surface area contributed by atoms with E-state index in [1.165, 1.54) is 17.1 Å². The molecule has 0 saturated heterocycles. The van der Waals surface area contributed by atoms with Crippen LogP contribution in [0.5, 0.6) is 0 Å². The zero-order valence-corrected chi connectivity index (χ0v) is 11.3. The van der Waals surface area contributed by atoms with Crippen molar-refractivity contribution < 1.29 is 0 Å². The molecule has 0 saturated carbocycles. The molecule has 6 heteroatoms. The summed E-state index contributed by atoms with van der Waals surface area (Å²) in [6, 6.07) is 4.03. The molecule has 2 heterocycles. The third-order valence-electron chi connectivity index (χ3n) is 1.93. The predicted octanol–water partition coefficient (Wildman–Crippen LogP) is 3.19. The number of halogens is 1. The van der Waals surface area contributed by atoms with Crippen LogP contribution in [-0.2, 0) is 6.54 Å². The summed E-state index contributed by atoms with van der Waals surface area (Å²) in [5.41, 5.74) is 6.87. The molecule has 0 atom stereocenters. The first-order valence-corrected chi connectivity index (χ1v) is 6.76. The molecule has 0 spiro atoms. The Hall–Kier alpha value is -0.590. The summed E-state index contributed by atoms with van der Waals surface area (Å²) in [5, 5.41) is 3.24. The largest absolute Gasteiger partial charge is 0.383 e. The molecule has 0 aliphatic heterocycles. The summed E-state index contributed by atoms with van der Waals surface area (Å²) in [6.07, 6.45) is 0. The van der Waals surface area contributed by atoms with Gasteiger partial charge in [0.2, 0.25) is 0 Å². The van der Waals surface area contributed by atoms with Crippen molar-refractivity contribution in [2.75, 3.05) is 17.7 Å². The zero-order valence-electron chi connectivity index (χ0n) is 8.11. The Bertz CT molecular complexity index is 452. The summed E-state index contributed by atoms with van der Waals surface area (Å²) in [4.78, 5) is 2.14. The molecular formula is C9H10BrN3S2. The molecule has 0 unspecified atom stereocenters. The van der Waals surface area contributed by atoms with E-state index in [1.54, 1.807) is 11.3 Å². The highest BCUT2D eigenvalue weighted by Crippen LogP contribution is 2.26. The fourth-order valence-electron chi connectivity index (χ4n) is 1.24. The predicted molar refractivity (Wildman–Crippen MR) is 70.7 cm³/mol. The van der Waals surface area contributed by atoms with Crippen LogP contribution in [0, 0.1) is 0 Å². The molecule has 0 radical (unpaired) electrons. The van der Waals surface area contributed by atoms with Crippen molar-refractivity contribution in [2.24, 2.45) is 0 Å². The molecule has 3 nitrogen and oxygen atoms in total. The second-order valence-corrected chi connectivity index (χ2v) is 6.28. The number of nitrogens with two attached hydrogens (primary N) is 1. The van der Waals surface area contributed by atoms with Gasteiger partial charge in [-0.25, -0.2) is 0 Å². The van der Waals surface area contributed by atoms with E-state index in [9.17, 15) is 0 Å². The van der Waals surface area contributed by atoms with Gasteiger partial charge in [0.05, 0.1) is 3.79 Å². The van der Waals surface area contributed by atoms with Crippen molar-refractivity contribution in [2.45, 2.75) is 6.54 Å². The maximum Gasteiger partial charge on any atom is 0.139 e. The van der Waals surface area contributed by atoms with Crippen LogP contribution in [0.25, 0.3) is 0 Å². The summed E-state index contributed by atoms with van der Waals surface area (Å²) in [7, 11) is 2.04. The van der Waals surface area contributed by atoms with Crippen molar-refractivity contribution in [1.82, 2.24) is 4.37 Å².